The fourth-order valence-corrected chi connectivity index (χ4v) is 3.39. The van der Waals surface area contributed by atoms with E-state index in [1.165, 1.54) is 0 Å². The fraction of sp³-hybridized carbons (Fsp3) is 0.600. The first kappa shape index (κ1) is 19.5. The van der Waals surface area contributed by atoms with Gasteiger partial charge in [0.25, 0.3) is 5.91 Å². The van der Waals surface area contributed by atoms with E-state index < -0.39 is 12.3 Å². The summed E-state index contributed by atoms with van der Waals surface area (Å²) in [5, 5.41) is 0. The predicted octanol–water partition coefficient (Wildman–Crippen LogP) is 3.11. The molecule has 0 N–H and O–H groups in total. The van der Waals surface area contributed by atoms with Gasteiger partial charge in [-0.05, 0) is 63.3 Å². The van der Waals surface area contributed by atoms with Crippen LogP contribution in [-0.2, 0) is 22.4 Å². The van der Waals surface area contributed by atoms with Crippen LogP contribution in [0.25, 0.3) is 0 Å². The van der Waals surface area contributed by atoms with Crippen LogP contribution in [0.15, 0.2) is 12.1 Å². The average molecular weight is 378 g/mol. The number of fused-ring (bicyclic) bond motifs is 2. The molecule has 7 heteroatoms. The molecule has 0 saturated carbocycles. The predicted molar refractivity (Wildman–Crippen MR) is 100 cm³/mol. The third-order valence-electron chi connectivity index (χ3n) is 4.69. The minimum absolute atomic E-state index is 0.0257. The normalized spacial score (nSPS) is 17.0. The lowest BCUT2D eigenvalue weighted by atomic mass is 10.0. The second-order valence-corrected chi connectivity index (χ2v) is 7.93. The van der Waals surface area contributed by atoms with Crippen LogP contribution in [0.2, 0.25) is 0 Å². The van der Waals surface area contributed by atoms with Gasteiger partial charge in [-0.15, -0.1) is 0 Å². The molecule has 3 rings (SSSR count). The van der Waals surface area contributed by atoms with E-state index in [9.17, 15) is 14.0 Å². The Balaban J connectivity index is 1.79. The molecule has 2 aliphatic rings. The van der Waals surface area contributed by atoms with E-state index in [0.29, 0.717) is 50.3 Å². The van der Waals surface area contributed by atoms with Crippen molar-refractivity contribution in [3.8, 4) is 5.75 Å². The maximum absolute atomic E-state index is 12.6. The van der Waals surface area contributed by atoms with Gasteiger partial charge in [-0.1, -0.05) is 0 Å². The minimum Gasteiger partial charge on any atom is -0.482 e. The zero-order chi connectivity index (χ0) is 19.6. The summed E-state index contributed by atoms with van der Waals surface area (Å²) in [6.07, 6.45) is 1.36. The molecular formula is C20H27FN2O4. The van der Waals surface area contributed by atoms with Crippen LogP contribution in [0.5, 0.6) is 5.75 Å². The van der Waals surface area contributed by atoms with Crippen molar-refractivity contribution in [1.82, 2.24) is 4.90 Å². The van der Waals surface area contributed by atoms with Crippen LogP contribution in [0.3, 0.4) is 0 Å². The highest BCUT2D eigenvalue weighted by atomic mass is 19.1. The fourth-order valence-electron chi connectivity index (χ4n) is 3.39. The Bertz CT molecular complexity index is 729. The zero-order valence-corrected chi connectivity index (χ0v) is 16.2. The molecular weight excluding hydrogens is 351 g/mol. The summed E-state index contributed by atoms with van der Waals surface area (Å²) in [5.41, 5.74) is 2.37. The van der Waals surface area contributed by atoms with E-state index in [4.69, 9.17) is 9.47 Å². The maximum atomic E-state index is 12.6. The van der Waals surface area contributed by atoms with Crippen LogP contribution in [0.4, 0.5) is 14.9 Å². The maximum Gasteiger partial charge on any atom is 0.410 e. The van der Waals surface area contributed by atoms with E-state index in [1.54, 1.807) is 9.80 Å². The van der Waals surface area contributed by atoms with Gasteiger partial charge in [0.1, 0.15) is 11.4 Å². The Hall–Kier alpha value is -2.31. The van der Waals surface area contributed by atoms with Crippen LogP contribution in [0.1, 0.15) is 38.3 Å². The monoisotopic (exact) mass is 378 g/mol. The summed E-state index contributed by atoms with van der Waals surface area (Å²) in [6, 6.07) is 3.91. The number of rotatable bonds is 3. The molecule has 27 heavy (non-hydrogen) atoms. The van der Waals surface area contributed by atoms with Crippen molar-refractivity contribution in [3.63, 3.8) is 0 Å². The molecule has 2 heterocycles. The molecule has 0 bridgehead atoms. The Morgan fingerprint density at radius 2 is 1.89 bits per heavy atom. The number of anilines is 1. The highest BCUT2D eigenvalue weighted by molar-refractivity contribution is 5.98. The average Bonchev–Trinajstić information content (AvgIpc) is 2.80. The first-order valence-corrected chi connectivity index (χ1v) is 9.41. The molecule has 0 aromatic heterocycles. The van der Waals surface area contributed by atoms with E-state index in [-0.39, 0.29) is 18.6 Å². The molecule has 6 nitrogen and oxygen atoms in total. The van der Waals surface area contributed by atoms with Crippen molar-refractivity contribution >= 4 is 17.7 Å². The van der Waals surface area contributed by atoms with Crippen molar-refractivity contribution in [2.75, 3.05) is 37.8 Å². The summed E-state index contributed by atoms with van der Waals surface area (Å²) in [7, 11) is 0. The number of hydrogen-bond donors (Lipinski definition) is 0. The van der Waals surface area contributed by atoms with Crippen molar-refractivity contribution in [1.29, 1.82) is 0 Å². The summed E-state index contributed by atoms with van der Waals surface area (Å²) >= 11 is 0. The molecule has 2 aliphatic heterocycles. The molecule has 1 aromatic carbocycles. The number of alkyl halides is 1. The molecule has 0 saturated heterocycles. The smallest absolute Gasteiger partial charge is 0.410 e. The molecule has 1 aromatic rings. The molecule has 0 spiro atoms. The molecule has 0 fully saturated rings. The van der Waals surface area contributed by atoms with E-state index >= 15 is 0 Å². The van der Waals surface area contributed by atoms with Crippen molar-refractivity contribution in [2.24, 2.45) is 0 Å². The van der Waals surface area contributed by atoms with Crippen LogP contribution in [0, 0.1) is 0 Å². The van der Waals surface area contributed by atoms with Gasteiger partial charge in [0.05, 0.1) is 12.4 Å². The first-order chi connectivity index (χ1) is 12.8. The van der Waals surface area contributed by atoms with Crippen molar-refractivity contribution < 1.29 is 23.5 Å². The highest BCUT2D eigenvalue weighted by Crippen LogP contribution is 2.36. The molecule has 2 amide bonds. The third-order valence-corrected chi connectivity index (χ3v) is 4.69. The standard InChI is InChI=1S/C20H27FN2O4/c1-20(2,3)27-19(25)22-9-5-14-11-16-17(12-15(14)6-10-22)26-13-18(24)23(16)8-4-7-21/h11-12H,4-10,13H2,1-3H3. The lowest BCUT2D eigenvalue weighted by Gasteiger charge is -2.30. The molecule has 0 atom stereocenters. The van der Waals surface area contributed by atoms with Gasteiger partial charge in [-0.3, -0.25) is 9.18 Å². The van der Waals surface area contributed by atoms with Gasteiger partial charge >= 0.3 is 6.09 Å². The number of carbonyl (C=O) groups is 2. The zero-order valence-electron chi connectivity index (χ0n) is 16.2. The van der Waals surface area contributed by atoms with Gasteiger partial charge in [0.15, 0.2) is 6.61 Å². The Morgan fingerprint density at radius 3 is 2.52 bits per heavy atom. The molecule has 0 unspecified atom stereocenters. The number of hydrogen-bond acceptors (Lipinski definition) is 4. The SMILES string of the molecule is CC(C)(C)OC(=O)N1CCc2cc3c(cc2CC1)N(CCCF)C(=O)CO3. The van der Waals surface area contributed by atoms with E-state index in [1.807, 2.05) is 32.9 Å². The van der Waals surface area contributed by atoms with Crippen molar-refractivity contribution in [3.05, 3.63) is 23.3 Å². The van der Waals surface area contributed by atoms with Gasteiger partial charge in [0.2, 0.25) is 0 Å². The Kier molecular flexibility index (Phi) is 5.58. The lowest BCUT2D eigenvalue weighted by Crippen LogP contribution is -2.39. The number of benzene rings is 1. The summed E-state index contributed by atoms with van der Waals surface area (Å²) in [6.45, 7) is 6.54. The second-order valence-electron chi connectivity index (χ2n) is 7.93. The van der Waals surface area contributed by atoms with E-state index in [2.05, 4.69) is 0 Å². The topological polar surface area (TPSA) is 59.1 Å². The van der Waals surface area contributed by atoms with Crippen LogP contribution >= 0.6 is 0 Å². The first-order valence-electron chi connectivity index (χ1n) is 9.41. The number of carbonyl (C=O) groups excluding carboxylic acids is 2. The highest BCUT2D eigenvalue weighted by Gasteiger charge is 2.29. The Morgan fingerprint density at radius 1 is 1.22 bits per heavy atom. The van der Waals surface area contributed by atoms with Gasteiger partial charge in [-0.25, -0.2) is 4.79 Å². The minimum atomic E-state index is -0.527. The quantitative estimate of drug-likeness (QED) is 0.811. The lowest BCUT2D eigenvalue weighted by molar-refractivity contribution is -0.121. The summed E-state index contributed by atoms with van der Waals surface area (Å²) < 4.78 is 23.7. The number of amides is 2. The van der Waals surface area contributed by atoms with E-state index in [0.717, 1.165) is 11.1 Å². The number of ether oxygens (including phenoxy) is 2. The van der Waals surface area contributed by atoms with Crippen LogP contribution < -0.4 is 9.64 Å². The molecule has 0 radical (unpaired) electrons. The van der Waals surface area contributed by atoms with Gasteiger partial charge in [0, 0.05) is 19.6 Å². The number of nitrogens with zero attached hydrogens (tertiary/aromatic N) is 2. The molecule has 0 aliphatic carbocycles. The third kappa shape index (κ3) is 4.51. The largest absolute Gasteiger partial charge is 0.482 e. The van der Waals surface area contributed by atoms with Crippen molar-refractivity contribution in [2.45, 2.75) is 45.6 Å². The molecule has 148 valence electrons. The number of halogens is 1. The Labute approximate surface area is 159 Å². The van der Waals surface area contributed by atoms with Gasteiger partial charge < -0.3 is 19.3 Å². The summed E-state index contributed by atoms with van der Waals surface area (Å²) in [5.74, 6) is 0.498. The van der Waals surface area contributed by atoms with Gasteiger partial charge in [-0.2, -0.15) is 0 Å². The second kappa shape index (κ2) is 7.74. The summed E-state index contributed by atoms with van der Waals surface area (Å²) in [4.78, 5) is 27.9. The van der Waals surface area contributed by atoms with Crippen LogP contribution in [-0.4, -0.2) is 55.4 Å².